The number of rotatable bonds is 4. The Bertz CT molecular complexity index is 286. The van der Waals surface area contributed by atoms with Gasteiger partial charge in [-0.2, -0.15) is 11.8 Å². The fourth-order valence-electron chi connectivity index (χ4n) is 1.01. The molecule has 1 aromatic rings. The van der Waals surface area contributed by atoms with Gasteiger partial charge in [-0.15, -0.1) is 0 Å². The first-order chi connectivity index (χ1) is 6.65. The third kappa shape index (κ3) is 2.89. The highest BCUT2D eigenvalue weighted by Gasteiger charge is 2.08. The van der Waals surface area contributed by atoms with Crippen molar-refractivity contribution in [2.24, 2.45) is 0 Å². The van der Waals surface area contributed by atoms with Gasteiger partial charge in [0.25, 0.3) is 0 Å². The highest BCUT2D eigenvalue weighted by atomic mass is 32.2. The van der Waals surface area contributed by atoms with Gasteiger partial charge < -0.3 is 10.8 Å². The fraction of sp³-hybridized carbons (Fsp3) is 0.400. The average Bonchev–Trinajstić information content (AvgIpc) is 2.16. The van der Waals surface area contributed by atoms with Gasteiger partial charge in [0.05, 0.1) is 6.61 Å². The molecule has 0 aliphatic rings. The number of nitrogens with two attached hydrogens (primary N) is 1. The van der Waals surface area contributed by atoms with Crippen molar-refractivity contribution in [2.45, 2.75) is 17.9 Å². The number of benzene rings is 1. The highest BCUT2D eigenvalue weighted by molar-refractivity contribution is 7.99. The summed E-state index contributed by atoms with van der Waals surface area (Å²) in [6.45, 7) is 1.99. The molecule has 0 saturated carbocycles. The topological polar surface area (TPSA) is 46.2 Å². The number of aliphatic hydroxyl groups is 1. The van der Waals surface area contributed by atoms with Crippen molar-refractivity contribution in [1.82, 2.24) is 0 Å². The van der Waals surface area contributed by atoms with Crippen molar-refractivity contribution < 1.29 is 9.50 Å². The van der Waals surface area contributed by atoms with Crippen LogP contribution in [0.1, 0.15) is 12.5 Å². The molecule has 0 amide bonds. The van der Waals surface area contributed by atoms with E-state index in [2.05, 4.69) is 0 Å². The molecular formula is C10H14FNOS. The summed E-state index contributed by atoms with van der Waals surface area (Å²) in [5, 5.41) is 8.91. The predicted molar refractivity (Wildman–Crippen MR) is 58.7 cm³/mol. The van der Waals surface area contributed by atoms with Gasteiger partial charge in [-0.3, -0.25) is 0 Å². The second-order valence-corrected chi connectivity index (χ2v) is 4.54. The first-order valence-electron chi connectivity index (χ1n) is 4.40. The van der Waals surface area contributed by atoms with Crippen LogP contribution in [0.3, 0.4) is 0 Å². The van der Waals surface area contributed by atoms with Crippen LogP contribution in [-0.4, -0.2) is 17.0 Å². The molecular weight excluding hydrogens is 201 g/mol. The predicted octanol–water partition coefficient (Wildman–Crippen LogP) is 2.02. The Morgan fingerprint density at radius 1 is 1.57 bits per heavy atom. The Balaban J connectivity index is 2.66. The van der Waals surface area contributed by atoms with E-state index in [0.717, 1.165) is 0 Å². The molecule has 0 bridgehead atoms. The van der Waals surface area contributed by atoms with Crippen molar-refractivity contribution in [1.29, 1.82) is 0 Å². The largest absolute Gasteiger partial charge is 0.398 e. The lowest BCUT2D eigenvalue weighted by Gasteiger charge is -2.09. The van der Waals surface area contributed by atoms with Crippen LogP contribution >= 0.6 is 11.8 Å². The van der Waals surface area contributed by atoms with Crippen LogP contribution in [-0.2, 0) is 5.75 Å². The molecule has 3 N–H and O–H groups in total. The van der Waals surface area contributed by atoms with Gasteiger partial charge in [-0.05, 0) is 12.1 Å². The van der Waals surface area contributed by atoms with E-state index in [1.807, 2.05) is 6.92 Å². The van der Waals surface area contributed by atoms with Gasteiger partial charge in [0, 0.05) is 22.3 Å². The minimum atomic E-state index is -0.275. The molecule has 0 heterocycles. The number of halogens is 1. The van der Waals surface area contributed by atoms with Crippen molar-refractivity contribution in [3.05, 3.63) is 29.6 Å². The molecule has 0 saturated heterocycles. The average molecular weight is 215 g/mol. The van der Waals surface area contributed by atoms with E-state index in [1.165, 1.54) is 17.8 Å². The number of anilines is 1. The van der Waals surface area contributed by atoms with E-state index in [0.29, 0.717) is 17.0 Å². The summed E-state index contributed by atoms with van der Waals surface area (Å²) >= 11 is 1.49. The molecule has 78 valence electrons. The normalized spacial score (nSPS) is 12.8. The lowest BCUT2D eigenvalue weighted by molar-refractivity contribution is 0.300. The maximum atomic E-state index is 13.2. The summed E-state index contributed by atoms with van der Waals surface area (Å²) in [5.41, 5.74) is 6.63. The van der Waals surface area contributed by atoms with Gasteiger partial charge >= 0.3 is 0 Å². The number of thioether (sulfide) groups is 1. The summed E-state index contributed by atoms with van der Waals surface area (Å²) in [6, 6.07) is 4.67. The van der Waals surface area contributed by atoms with Gasteiger partial charge in [0.15, 0.2) is 0 Å². The third-order valence-corrected chi connectivity index (χ3v) is 3.10. The summed E-state index contributed by atoms with van der Waals surface area (Å²) in [7, 11) is 0. The van der Waals surface area contributed by atoms with Crippen LogP contribution < -0.4 is 5.73 Å². The lowest BCUT2D eigenvalue weighted by atomic mass is 10.2. The number of aliphatic hydroxyl groups excluding tert-OH is 1. The summed E-state index contributed by atoms with van der Waals surface area (Å²) in [5.74, 6) is 0.225. The van der Waals surface area contributed by atoms with E-state index in [-0.39, 0.29) is 17.7 Å². The van der Waals surface area contributed by atoms with E-state index in [9.17, 15) is 4.39 Å². The van der Waals surface area contributed by atoms with Gasteiger partial charge in [0.2, 0.25) is 0 Å². The molecule has 14 heavy (non-hydrogen) atoms. The molecule has 0 radical (unpaired) electrons. The van der Waals surface area contributed by atoms with Crippen LogP contribution in [0, 0.1) is 5.82 Å². The summed E-state index contributed by atoms with van der Waals surface area (Å²) in [4.78, 5) is 0. The fourth-order valence-corrected chi connectivity index (χ4v) is 1.87. The Labute approximate surface area is 87.3 Å². The molecule has 4 heteroatoms. The van der Waals surface area contributed by atoms with Crippen molar-refractivity contribution in [3.8, 4) is 0 Å². The van der Waals surface area contributed by atoms with Crippen LogP contribution in [0.15, 0.2) is 18.2 Å². The Kier molecular flexibility index (Phi) is 4.22. The first-order valence-corrected chi connectivity index (χ1v) is 5.45. The molecule has 0 aliphatic carbocycles. The first kappa shape index (κ1) is 11.3. The monoisotopic (exact) mass is 215 g/mol. The van der Waals surface area contributed by atoms with Gasteiger partial charge in [-0.1, -0.05) is 13.0 Å². The lowest BCUT2D eigenvalue weighted by Crippen LogP contribution is -2.04. The molecule has 0 aliphatic heterocycles. The van der Waals surface area contributed by atoms with Crippen LogP contribution in [0.4, 0.5) is 10.1 Å². The van der Waals surface area contributed by atoms with E-state index >= 15 is 0 Å². The minimum absolute atomic E-state index is 0.0963. The number of hydrogen-bond acceptors (Lipinski definition) is 3. The van der Waals surface area contributed by atoms with Crippen LogP contribution in [0.25, 0.3) is 0 Å². The van der Waals surface area contributed by atoms with E-state index in [4.69, 9.17) is 10.8 Å². The highest BCUT2D eigenvalue weighted by Crippen LogP contribution is 2.23. The van der Waals surface area contributed by atoms with Crippen molar-refractivity contribution in [2.75, 3.05) is 12.3 Å². The van der Waals surface area contributed by atoms with Crippen molar-refractivity contribution in [3.63, 3.8) is 0 Å². The molecule has 1 aromatic carbocycles. The zero-order valence-electron chi connectivity index (χ0n) is 8.03. The third-order valence-electron chi connectivity index (χ3n) is 1.92. The maximum absolute atomic E-state index is 13.2. The SMILES string of the molecule is CC(CO)SCc1c(N)cccc1F. The smallest absolute Gasteiger partial charge is 0.129 e. The maximum Gasteiger partial charge on any atom is 0.129 e. The standard InChI is InChI=1S/C10H14FNOS/c1-7(5-13)14-6-8-9(11)3-2-4-10(8)12/h2-4,7,13H,5-6,12H2,1H3. The molecule has 0 spiro atoms. The van der Waals surface area contributed by atoms with E-state index < -0.39 is 0 Å². The van der Waals surface area contributed by atoms with Crippen LogP contribution in [0.5, 0.6) is 0 Å². The zero-order valence-corrected chi connectivity index (χ0v) is 8.85. The molecule has 1 atom stereocenters. The van der Waals surface area contributed by atoms with Gasteiger partial charge in [-0.25, -0.2) is 4.39 Å². The number of nitrogen functional groups attached to an aromatic ring is 1. The Hall–Kier alpha value is -0.740. The molecule has 0 fully saturated rings. The second-order valence-electron chi connectivity index (χ2n) is 3.11. The molecule has 1 rings (SSSR count). The second kappa shape index (κ2) is 5.22. The Morgan fingerprint density at radius 3 is 2.86 bits per heavy atom. The van der Waals surface area contributed by atoms with Crippen molar-refractivity contribution >= 4 is 17.4 Å². The molecule has 0 aromatic heterocycles. The van der Waals surface area contributed by atoms with Gasteiger partial charge in [0.1, 0.15) is 5.82 Å². The minimum Gasteiger partial charge on any atom is -0.398 e. The zero-order chi connectivity index (χ0) is 10.6. The summed E-state index contributed by atoms with van der Waals surface area (Å²) in [6.07, 6.45) is 0. The van der Waals surface area contributed by atoms with Crippen LogP contribution in [0.2, 0.25) is 0 Å². The quantitative estimate of drug-likeness (QED) is 0.755. The molecule has 2 nitrogen and oxygen atoms in total. The Morgan fingerprint density at radius 2 is 2.29 bits per heavy atom. The summed E-state index contributed by atoms with van der Waals surface area (Å²) < 4.78 is 13.2. The van der Waals surface area contributed by atoms with E-state index in [1.54, 1.807) is 12.1 Å². The number of hydrogen-bond donors (Lipinski definition) is 2. The molecule has 1 unspecified atom stereocenters.